The second-order valence-corrected chi connectivity index (χ2v) is 7.81. The van der Waals surface area contributed by atoms with Crippen LogP contribution in [0.3, 0.4) is 0 Å². The second kappa shape index (κ2) is 9.02. The Kier molecular flexibility index (Phi) is 7.02. The van der Waals surface area contributed by atoms with Gasteiger partial charge >= 0.3 is 0 Å². The third-order valence-corrected chi connectivity index (χ3v) is 5.25. The quantitative estimate of drug-likeness (QED) is 0.671. The normalized spacial score (nSPS) is 11.2. The van der Waals surface area contributed by atoms with Crippen LogP contribution in [0.2, 0.25) is 5.02 Å². The zero-order valence-electron chi connectivity index (χ0n) is 14.6. The van der Waals surface area contributed by atoms with E-state index in [0.29, 0.717) is 35.8 Å². The van der Waals surface area contributed by atoms with Crippen molar-refractivity contribution in [3.63, 3.8) is 0 Å². The molecule has 0 radical (unpaired) electrons. The van der Waals surface area contributed by atoms with Gasteiger partial charge < -0.3 is 10.1 Å². The molecular formula is C18H21ClN2O4S. The van der Waals surface area contributed by atoms with Crippen LogP contribution >= 0.6 is 11.6 Å². The van der Waals surface area contributed by atoms with Gasteiger partial charge in [-0.05, 0) is 55.3 Å². The van der Waals surface area contributed by atoms with Gasteiger partial charge in [-0.3, -0.25) is 9.52 Å². The van der Waals surface area contributed by atoms with Crippen molar-refractivity contribution in [2.45, 2.75) is 18.2 Å². The molecule has 2 rings (SSSR count). The third-order valence-electron chi connectivity index (χ3n) is 3.65. The lowest BCUT2D eigenvalue weighted by Gasteiger charge is -2.12. The molecule has 140 valence electrons. The molecule has 2 aromatic rings. The van der Waals surface area contributed by atoms with Crippen LogP contribution in [-0.4, -0.2) is 34.6 Å². The number of aryl methyl sites for hydroxylation is 1. The van der Waals surface area contributed by atoms with Crippen molar-refractivity contribution in [1.82, 2.24) is 5.32 Å². The SMILES string of the molecule is COCCCNC(=O)c1cccc(S(=O)(=O)Nc2ccc(Cl)cc2C)c1. The molecule has 0 atom stereocenters. The number of carbonyl (C=O) groups excluding carboxylic acids is 1. The van der Waals surface area contributed by atoms with Gasteiger partial charge in [0.25, 0.3) is 15.9 Å². The maximum absolute atomic E-state index is 12.6. The fourth-order valence-electron chi connectivity index (χ4n) is 2.27. The summed E-state index contributed by atoms with van der Waals surface area (Å²) in [6, 6.07) is 10.8. The molecule has 26 heavy (non-hydrogen) atoms. The minimum Gasteiger partial charge on any atom is -0.385 e. The summed E-state index contributed by atoms with van der Waals surface area (Å²) in [5.41, 5.74) is 1.41. The smallest absolute Gasteiger partial charge is 0.261 e. The van der Waals surface area contributed by atoms with Crippen molar-refractivity contribution in [1.29, 1.82) is 0 Å². The minimum absolute atomic E-state index is 0.0105. The molecule has 0 saturated carbocycles. The summed E-state index contributed by atoms with van der Waals surface area (Å²) in [4.78, 5) is 12.2. The molecule has 0 unspecified atom stereocenters. The van der Waals surface area contributed by atoms with Crippen LogP contribution in [0.1, 0.15) is 22.3 Å². The first-order valence-corrected chi connectivity index (χ1v) is 9.86. The number of anilines is 1. The van der Waals surface area contributed by atoms with Crippen LogP contribution in [0.15, 0.2) is 47.4 Å². The number of rotatable bonds is 8. The zero-order chi connectivity index (χ0) is 19.2. The number of amides is 1. The highest BCUT2D eigenvalue weighted by Gasteiger charge is 2.17. The van der Waals surface area contributed by atoms with Crippen LogP contribution < -0.4 is 10.0 Å². The number of sulfonamides is 1. The first-order chi connectivity index (χ1) is 12.3. The van der Waals surface area contributed by atoms with Gasteiger partial charge in [0.2, 0.25) is 0 Å². The second-order valence-electron chi connectivity index (χ2n) is 5.69. The lowest BCUT2D eigenvalue weighted by Crippen LogP contribution is -2.25. The summed E-state index contributed by atoms with van der Waals surface area (Å²) in [7, 11) is -2.24. The molecule has 0 aromatic heterocycles. The molecule has 2 aromatic carbocycles. The Morgan fingerprint density at radius 2 is 1.96 bits per heavy atom. The highest BCUT2D eigenvalue weighted by atomic mass is 35.5. The standard InChI is InChI=1S/C18H21ClN2O4S/c1-13-11-15(19)7-8-17(13)21-26(23,24)16-6-3-5-14(12-16)18(22)20-9-4-10-25-2/h3,5-8,11-12,21H,4,9-10H2,1-2H3,(H,20,22). The number of ether oxygens (including phenoxy) is 1. The van der Waals surface area contributed by atoms with Gasteiger partial charge in [-0.15, -0.1) is 0 Å². The molecule has 0 bridgehead atoms. The van der Waals surface area contributed by atoms with Crippen LogP contribution in [0.25, 0.3) is 0 Å². The lowest BCUT2D eigenvalue weighted by atomic mass is 10.2. The zero-order valence-corrected chi connectivity index (χ0v) is 16.2. The van der Waals surface area contributed by atoms with E-state index in [0.717, 1.165) is 0 Å². The van der Waals surface area contributed by atoms with E-state index in [1.54, 1.807) is 38.3 Å². The number of nitrogens with one attached hydrogen (secondary N) is 2. The summed E-state index contributed by atoms with van der Waals surface area (Å²) in [6.45, 7) is 2.75. The molecule has 8 heteroatoms. The maximum Gasteiger partial charge on any atom is 0.261 e. The van der Waals surface area contributed by atoms with Crippen molar-refractivity contribution in [3.8, 4) is 0 Å². The first-order valence-electron chi connectivity index (χ1n) is 7.99. The minimum atomic E-state index is -3.83. The Morgan fingerprint density at radius 3 is 2.65 bits per heavy atom. The highest BCUT2D eigenvalue weighted by molar-refractivity contribution is 7.92. The van der Waals surface area contributed by atoms with E-state index in [9.17, 15) is 13.2 Å². The summed E-state index contributed by atoms with van der Waals surface area (Å²) in [5, 5.41) is 3.25. The van der Waals surface area contributed by atoms with E-state index in [1.165, 1.54) is 18.2 Å². The van der Waals surface area contributed by atoms with Crippen LogP contribution in [0.4, 0.5) is 5.69 Å². The first kappa shape index (κ1) is 20.2. The fraction of sp³-hybridized carbons (Fsp3) is 0.278. The van der Waals surface area contributed by atoms with Crippen molar-refractivity contribution < 1.29 is 17.9 Å². The van der Waals surface area contributed by atoms with Gasteiger partial charge in [0.1, 0.15) is 0 Å². The molecule has 0 saturated heterocycles. The predicted octanol–water partition coefficient (Wildman–Crippen LogP) is 3.22. The van der Waals surface area contributed by atoms with Gasteiger partial charge in [-0.1, -0.05) is 17.7 Å². The van der Waals surface area contributed by atoms with Crippen molar-refractivity contribution >= 4 is 33.2 Å². The maximum atomic E-state index is 12.6. The van der Waals surface area contributed by atoms with Crippen LogP contribution in [-0.2, 0) is 14.8 Å². The van der Waals surface area contributed by atoms with E-state index in [2.05, 4.69) is 10.0 Å². The molecule has 0 heterocycles. The van der Waals surface area contributed by atoms with Crippen molar-refractivity contribution in [2.24, 2.45) is 0 Å². The van der Waals surface area contributed by atoms with E-state index in [-0.39, 0.29) is 16.4 Å². The van der Waals surface area contributed by atoms with Crippen molar-refractivity contribution in [3.05, 3.63) is 58.6 Å². The van der Waals surface area contributed by atoms with E-state index < -0.39 is 10.0 Å². The molecule has 6 nitrogen and oxygen atoms in total. The van der Waals surface area contributed by atoms with E-state index in [4.69, 9.17) is 16.3 Å². The Morgan fingerprint density at radius 1 is 1.19 bits per heavy atom. The predicted molar refractivity (Wildman–Crippen MR) is 102 cm³/mol. The Hall–Kier alpha value is -2.09. The molecule has 2 N–H and O–H groups in total. The molecule has 0 fully saturated rings. The molecular weight excluding hydrogens is 376 g/mol. The van der Waals surface area contributed by atoms with Gasteiger partial charge in [0, 0.05) is 30.8 Å². The molecule has 0 aliphatic rings. The summed E-state index contributed by atoms with van der Waals surface area (Å²) in [6.07, 6.45) is 0.678. The van der Waals surface area contributed by atoms with Gasteiger partial charge in [0.15, 0.2) is 0 Å². The van der Waals surface area contributed by atoms with Crippen molar-refractivity contribution in [2.75, 3.05) is 25.0 Å². The van der Waals surface area contributed by atoms with Gasteiger partial charge in [0.05, 0.1) is 10.6 Å². The number of halogens is 1. The summed E-state index contributed by atoms with van der Waals surface area (Å²) in [5.74, 6) is -0.333. The van der Waals surface area contributed by atoms with Gasteiger partial charge in [-0.25, -0.2) is 8.42 Å². The number of methoxy groups -OCH3 is 1. The van der Waals surface area contributed by atoms with E-state index in [1.807, 2.05) is 0 Å². The summed E-state index contributed by atoms with van der Waals surface area (Å²) < 4.78 is 32.7. The Balaban J connectivity index is 2.15. The third kappa shape index (κ3) is 5.45. The highest BCUT2D eigenvalue weighted by Crippen LogP contribution is 2.23. The number of hydrogen-bond donors (Lipinski definition) is 2. The Labute approximate surface area is 158 Å². The fourth-order valence-corrected chi connectivity index (χ4v) is 3.67. The lowest BCUT2D eigenvalue weighted by molar-refractivity contribution is 0.0948. The topological polar surface area (TPSA) is 84.5 Å². The number of benzene rings is 2. The average molecular weight is 397 g/mol. The van der Waals surface area contributed by atoms with Gasteiger partial charge in [-0.2, -0.15) is 0 Å². The molecule has 1 amide bonds. The van der Waals surface area contributed by atoms with Crippen LogP contribution in [0.5, 0.6) is 0 Å². The summed E-state index contributed by atoms with van der Waals surface area (Å²) >= 11 is 5.89. The largest absolute Gasteiger partial charge is 0.385 e. The molecule has 0 spiro atoms. The molecule has 0 aliphatic heterocycles. The number of hydrogen-bond acceptors (Lipinski definition) is 4. The van der Waals surface area contributed by atoms with E-state index >= 15 is 0 Å². The van der Waals surface area contributed by atoms with Crippen LogP contribution in [0, 0.1) is 6.92 Å². The monoisotopic (exact) mass is 396 g/mol. The molecule has 0 aliphatic carbocycles. The Bertz CT molecular complexity index is 885. The number of carbonyl (C=O) groups is 1. The average Bonchev–Trinajstić information content (AvgIpc) is 2.61.